The molecule has 2 aromatic carbocycles. The molecule has 1 aliphatic heterocycles. The number of oxazole rings is 1. The Morgan fingerprint density at radius 1 is 1.06 bits per heavy atom. The lowest BCUT2D eigenvalue weighted by atomic mass is 9.91. The van der Waals surface area contributed by atoms with Crippen LogP contribution in [0, 0.1) is 25.5 Å². The first kappa shape index (κ1) is 24.4. The molecule has 0 unspecified atom stereocenters. The zero-order valence-corrected chi connectivity index (χ0v) is 20.5. The van der Waals surface area contributed by atoms with Gasteiger partial charge in [0, 0.05) is 42.1 Å². The number of hydrogen-bond donors (Lipinski definition) is 1. The summed E-state index contributed by atoms with van der Waals surface area (Å²) in [6.07, 6.45) is 2.58. The first-order chi connectivity index (χ1) is 17.2. The van der Waals surface area contributed by atoms with Gasteiger partial charge in [0.15, 0.2) is 5.76 Å². The SMILES string of the molecule is Cc1cc(Cl)cc(C)c1-n1cc(-c2nc(C3(N)CCOCC3)oc2-c2ccc(F)cc2F)ccc1=O. The van der Waals surface area contributed by atoms with Crippen LogP contribution >= 0.6 is 11.6 Å². The molecule has 2 aromatic heterocycles. The lowest BCUT2D eigenvalue weighted by Crippen LogP contribution is -2.42. The Morgan fingerprint density at radius 2 is 1.75 bits per heavy atom. The molecule has 4 aromatic rings. The van der Waals surface area contributed by atoms with Crippen molar-refractivity contribution in [2.75, 3.05) is 13.2 Å². The van der Waals surface area contributed by atoms with Gasteiger partial charge >= 0.3 is 0 Å². The van der Waals surface area contributed by atoms with E-state index in [1.165, 1.54) is 16.7 Å². The molecule has 9 heteroatoms. The predicted octanol–water partition coefficient (Wildman–Crippen LogP) is 5.67. The van der Waals surface area contributed by atoms with Crippen LogP contribution in [0.3, 0.4) is 0 Å². The molecule has 0 saturated carbocycles. The summed E-state index contributed by atoms with van der Waals surface area (Å²) in [6.45, 7) is 4.61. The molecule has 3 heterocycles. The van der Waals surface area contributed by atoms with Gasteiger partial charge in [-0.05, 0) is 68.1 Å². The minimum Gasteiger partial charge on any atom is -0.438 e. The second-order valence-corrected chi connectivity index (χ2v) is 9.54. The van der Waals surface area contributed by atoms with Crippen molar-refractivity contribution >= 4 is 11.6 Å². The lowest BCUT2D eigenvalue weighted by molar-refractivity contribution is 0.0425. The predicted molar refractivity (Wildman–Crippen MR) is 133 cm³/mol. The summed E-state index contributed by atoms with van der Waals surface area (Å²) in [5, 5.41) is 0.567. The summed E-state index contributed by atoms with van der Waals surface area (Å²) in [7, 11) is 0. The summed E-state index contributed by atoms with van der Waals surface area (Å²) >= 11 is 6.19. The van der Waals surface area contributed by atoms with Crippen molar-refractivity contribution in [1.82, 2.24) is 9.55 Å². The van der Waals surface area contributed by atoms with Crippen molar-refractivity contribution in [1.29, 1.82) is 0 Å². The van der Waals surface area contributed by atoms with Crippen LogP contribution in [-0.4, -0.2) is 22.8 Å². The van der Waals surface area contributed by atoms with Gasteiger partial charge in [-0.3, -0.25) is 9.36 Å². The molecule has 5 rings (SSSR count). The van der Waals surface area contributed by atoms with Gasteiger partial charge in [-0.1, -0.05) is 11.6 Å². The van der Waals surface area contributed by atoms with Crippen molar-refractivity contribution in [3.63, 3.8) is 0 Å². The molecule has 1 fully saturated rings. The van der Waals surface area contributed by atoms with Crippen LogP contribution in [0.15, 0.2) is 57.9 Å². The van der Waals surface area contributed by atoms with E-state index < -0.39 is 17.2 Å². The van der Waals surface area contributed by atoms with Crippen LogP contribution in [0.25, 0.3) is 28.3 Å². The quantitative estimate of drug-likeness (QED) is 0.381. The molecule has 1 aliphatic rings. The molecule has 1 saturated heterocycles. The Balaban J connectivity index is 1.73. The van der Waals surface area contributed by atoms with Gasteiger partial charge in [-0.2, -0.15) is 0 Å². The van der Waals surface area contributed by atoms with Gasteiger partial charge in [0.05, 0.1) is 16.8 Å². The fourth-order valence-electron chi connectivity index (χ4n) is 4.62. The van der Waals surface area contributed by atoms with Crippen LogP contribution < -0.4 is 11.3 Å². The van der Waals surface area contributed by atoms with Crippen LogP contribution in [0.5, 0.6) is 0 Å². The van der Waals surface area contributed by atoms with Crippen LogP contribution in [0.2, 0.25) is 5.02 Å². The zero-order valence-electron chi connectivity index (χ0n) is 19.8. The van der Waals surface area contributed by atoms with Gasteiger partial charge < -0.3 is 14.9 Å². The molecule has 0 bridgehead atoms. The van der Waals surface area contributed by atoms with Crippen LogP contribution in [0.1, 0.15) is 29.9 Å². The average molecular weight is 512 g/mol. The number of halogens is 3. The first-order valence-electron chi connectivity index (χ1n) is 11.5. The van der Waals surface area contributed by atoms with Gasteiger partial charge in [0.25, 0.3) is 5.56 Å². The highest BCUT2D eigenvalue weighted by Crippen LogP contribution is 2.39. The number of hydrogen-bond acceptors (Lipinski definition) is 5. The number of ether oxygens (including phenoxy) is 1. The number of nitrogens with zero attached hydrogens (tertiary/aromatic N) is 2. The molecule has 0 atom stereocenters. The molecule has 36 heavy (non-hydrogen) atoms. The number of pyridine rings is 1. The van der Waals surface area contributed by atoms with Crippen molar-refractivity contribution in [2.45, 2.75) is 32.2 Å². The Hall–Kier alpha value is -3.33. The van der Waals surface area contributed by atoms with E-state index in [-0.39, 0.29) is 22.8 Å². The maximum Gasteiger partial charge on any atom is 0.255 e. The van der Waals surface area contributed by atoms with E-state index in [2.05, 4.69) is 0 Å². The standard InChI is InChI=1S/C27H24ClF2N3O3/c1-15-11-18(28)12-16(2)24(15)33-14-17(3-6-22(33)34)23-25(20-5-4-19(29)13-21(20)30)36-26(32-23)27(31)7-9-35-10-8-27/h3-6,11-14H,7-10,31H2,1-2H3. The Morgan fingerprint density at radius 3 is 2.42 bits per heavy atom. The second kappa shape index (κ2) is 9.28. The molecule has 0 radical (unpaired) electrons. The monoisotopic (exact) mass is 511 g/mol. The van der Waals surface area contributed by atoms with E-state index in [4.69, 9.17) is 31.5 Å². The highest BCUT2D eigenvalue weighted by Gasteiger charge is 2.37. The third-order valence-corrected chi connectivity index (χ3v) is 6.71. The molecule has 186 valence electrons. The van der Waals surface area contributed by atoms with Gasteiger partial charge in [-0.15, -0.1) is 0 Å². The summed E-state index contributed by atoms with van der Waals surface area (Å²) in [5.41, 5.74) is 8.61. The maximum atomic E-state index is 14.9. The smallest absolute Gasteiger partial charge is 0.255 e. The summed E-state index contributed by atoms with van der Waals surface area (Å²) in [5.74, 6) is -1.17. The van der Waals surface area contributed by atoms with Crippen molar-refractivity contribution in [2.24, 2.45) is 5.73 Å². The van der Waals surface area contributed by atoms with Crippen LogP contribution in [0.4, 0.5) is 8.78 Å². The largest absolute Gasteiger partial charge is 0.438 e. The molecule has 0 aliphatic carbocycles. The van der Waals surface area contributed by atoms with E-state index in [1.54, 1.807) is 24.4 Å². The average Bonchev–Trinajstić information content (AvgIpc) is 3.26. The van der Waals surface area contributed by atoms with Gasteiger partial charge in [-0.25, -0.2) is 13.8 Å². The number of nitrogens with two attached hydrogens (primary N) is 1. The molecule has 6 nitrogen and oxygen atoms in total. The Labute approximate surface area is 211 Å². The normalized spacial score (nSPS) is 15.3. The molecule has 0 spiro atoms. The maximum absolute atomic E-state index is 14.9. The van der Waals surface area contributed by atoms with Gasteiger partial charge in [0.1, 0.15) is 17.3 Å². The number of aryl methyl sites for hydroxylation is 2. The van der Waals surface area contributed by atoms with E-state index in [9.17, 15) is 13.6 Å². The fraction of sp³-hybridized carbons (Fsp3) is 0.259. The number of benzene rings is 2. The highest BCUT2D eigenvalue weighted by molar-refractivity contribution is 6.30. The van der Waals surface area contributed by atoms with Crippen molar-refractivity contribution in [3.05, 3.63) is 92.7 Å². The van der Waals surface area contributed by atoms with E-state index >= 15 is 0 Å². The first-order valence-corrected chi connectivity index (χ1v) is 11.9. The topological polar surface area (TPSA) is 83.3 Å². The number of rotatable bonds is 4. The summed E-state index contributed by atoms with van der Waals surface area (Å²) < 4.78 is 41.6. The van der Waals surface area contributed by atoms with E-state index in [1.807, 2.05) is 13.8 Å². The highest BCUT2D eigenvalue weighted by atomic mass is 35.5. The fourth-order valence-corrected chi connectivity index (χ4v) is 4.95. The Bertz CT molecular complexity index is 1500. The third-order valence-electron chi connectivity index (χ3n) is 6.50. The zero-order chi connectivity index (χ0) is 25.6. The van der Waals surface area contributed by atoms with Crippen LogP contribution in [-0.2, 0) is 10.3 Å². The lowest BCUT2D eigenvalue weighted by Gasteiger charge is -2.30. The minimum absolute atomic E-state index is 0.0393. The van der Waals surface area contributed by atoms with E-state index in [0.29, 0.717) is 48.0 Å². The second-order valence-electron chi connectivity index (χ2n) is 9.10. The molecular weight excluding hydrogens is 488 g/mol. The van der Waals surface area contributed by atoms with E-state index in [0.717, 1.165) is 23.3 Å². The van der Waals surface area contributed by atoms with Crippen molar-refractivity contribution < 1.29 is 17.9 Å². The third kappa shape index (κ3) is 4.36. The Kier molecular flexibility index (Phi) is 6.28. The number of aromatic nitrogens is 2. The molecule has 0 amide bonds. The molecule has 2 N–H and O–H groups in total. The summed E-state index contributed by atoms with van der Waals surface area (Å²) in [6, 6.07) is 9.80. The van der Waals surface area contributed by atoms with Crippen molar-refractivity contribution in [3.8, 4) is 28.3 Å². The summed E-state index contributed by atoms with van der Waals surface area (Å²) in [4.78, 5) is 17.6. The van der Waals surface area contributed by atoms with Gasteiger partial charge in [0.2, 0.25) is 5.89 Å². The molecular formula is C27H24ClF2N3O3. The minimum atomic E-state index is -0.903.